The normalized spacial score (nSPS) is 17.1. The Hall–Kier alpha value is -0.240. The Morgan fingerprint density at radius 1 is 1.13 bits per heavy atom. The zero-order valence-electron chi connectivity index (χ0n) is 10.9. The SMILES string of the molecule is COC(=O)C(Cl)(CC(C)(C)C)C(C)(C)C. The van der Waals surface area contributed by atoms with Crippen molar-refractivity contribution >= 4 is 17.6 Å². The summed E-state index contributed by atoms with van der Waals surface area (Å²) in [5, 5.41) is 0. The van der Waals surface area contributed by atoms with Gasteiger partial charge in [-0.25, -0.2) is 0 Å². The van der Waals surface area contributed by atoms with Gasteiger partial charge in [-0.15, -0.1) is 11.6 Å². The van der Waals surface area contributed by atoms with Gasteiger partial charge in [0.15, 0.2) is 0 Å². The first-order chi connectivity index (χ1) is 6.44. The summed E-state index contributed by atoms with van der Waals surface area (Å²) in [4.78, 5) is 10.8. The molecule has 0 aliphatic rings. The third-order valence-electron chi connectivity index (χ3n) is 2.47. The van der Waals surface area contributed by atoms with Gasteiger partial charge >= 0.3 is 5.97 Å². The molecule has 2 nitrogen and oxygen atoms in total. The number of carbonyl (C=O) groups is 1. The van der Waals surface area contributed by atoms with Crippen LogP contribution in [0.3, 0.4) is 0 Å². The molecule has 0 aromatic heterocycles. The van der Waals surface area contributed by atoms with Gasteiger partial charge in [-0.3, -0.25) is 4.79 Å². The summed E-state index contributed by atoms with van der Waals surface area (Å²) in [6.45, 7) is 12.1. The fraction of sp³-hybridized carbons (Fsp3) is 0.917. The van der Waals surface area contributed by atoms with E-state index >= 15 is 0 Å². The van der Waals surface area contributed by atoms with Crippen LogP contribution in [0.2, 0.25) is 0 Å². The molecule has 0 saturated carbocycles. The maximum Gasteiger partial charge on any atom is 0.327 e. The van der Waals surface area contributed by atoms with Crippen LogP contribution in [0.15, 0.2) is 0 Å². The lowest BCUT2D eigenvalue weighted by molar-refractivity contribution is -0.148. The zero-order valence-corrected chi connectivity index (χ0v) is 11.7. The van der Waals surface area contributed by atoms with Crippen LogP contribution in [0.25, 0.3) is 0 Å². The minimum absolute atomic E-state index is 0.0107. The van der Waals surface area contributed by atoms with Gasteiger partial charge in [0.25, 0.3) is 0 Å². The van der Waals surface area contributed by atoms with E-state index < -0.39 is 4.87 Å². The average molecular weight is 235 g/mol. The van der Waals surface area contributed by atoms with Gasteiger partial charge in [-0.1, -0.05) is 41.5 Å². The number of ether oxygens (including phenoxy) is 1. The van der Waals surface area contributed by atoms with Crippen LogP contribution in [0.5, 0.6) is 0 Å². The lowest BCUT2D eigenvalue weighted by atomic mass is 9.71. The van der Waals surface area contributed by atoms with Crippen LogP contribution < -0.4 is 0 Å². The smallest absolute Gasteiger partial charge is 0.327 e. The summed E-state index contributed by atoms with van der Waals surface area (Å²) in [5.74, 6) is -0.341. The van der Waals surface area contributed by atoms with E-state index in [1.54, 1.807) is 0 Å². The molecule has 3 heteroatoms. The second kappa shape index (κ2) is 4.32. The number of halogens is 1. The molecule has 15 heavy (non-hydrogen) atoms. The number of alkyl halides is 1. The maximum absolute atomic E-state index is 11.8. The highest BCUT2D eigenvalue weighted by Gasteiger charge is 2.50. The van der Waals surface area contributed by atoms with Crippen molar-refractivity contribution in [2.45, 2.75) is 52.8 Å². The van der Waals surface area contributed by atoms with Gasteiger partial charge in [0.1, 0.15) is 4.87 Å². The topological polar surface area (TPSA) is 26.3 Å². The Morgan fingerprint density at radius 2 is 1.53 bits per heavy atom. The Kier molecular flexibility index (Phi) is 4.26. The predicted molar refractivity (Wildman–Crippen MR) is 64.1 cm³/mol. The number of rotatable bonds is 2. The van der Waals surface area contributed by atoms with Gasteiger partial charge in [-0.2, -0.15) is 0 Å². The summed E-state index contributed by atoms with van der Waals surface area (Å²) in [5.41, 5.74) is -0.335. The highest BCUT2D eigenvalue weighted by Crippen LogP contribution is 2.45. The van der Waals surface area contributed by atoms with Crippen molar-refractivity contribution in [1.29, 1.82) is 0 Å². The third kappa shape index (κ3) is 3.67. The lowest BCUT2D eigenvalue weighted by Crippen LogP contribution is -2.48. The van der Waals surface area contributed by atoms with Crippen molar-refractivity contribution in [3.63, 3.8) is 0 Å². The van der Waals surface area contributed by atoms with Gasteiger partial charge in [-0.05, 0) is 17.3 Å². The van der Waals surface area contributed by atoms with Crippen molar-refractivity contribution in [1.82, 2.24) is 0 Å². The number of hydrogen-bond acceptors (Lipinski definition) is 2. The quantitative estimate of drug-likeness (QED) is 0.539. The average Bonchev–Trinajstić information content (AvgIpc) is 1.97. The number of hydrogen-bond donors (Lipinski definition) is 0. The fourth-order valence-corrected chi connectivity index (χ4v) is 2.01. The van der Waals surface area contributed by atoms with Gasteiger partial charge in [0, 0.05) is 0 Å². The van der Waals surface area contributed by atoms with Crippen molar-refractivity contribution in [3.05, 3.63) is 0 Å². The summed E-state index contributed by atoms with van der Waals surface area (Å²) in [6.07, 6.45) is 0.595. The second-order valence-electron chi connectivity index (χ2n) is 6.28. The molecule has 0 aliphatic carbocycles. The maximum atomic E-state index is 11.8. The molecular formula is C12H23ClO2. The van der Waals surface area contributed by atoms with Crippen molar-refractivity contribution in [2.75, 3.05) is 7.11 Å². The van der Waals surface area contributed by atoms with Crippen LogP contribution in [0.4, 0.5) is 0 Å². The molecule has 0 aromatic rings. The van der Waals surface area contributed by atoms with Crippen LogP contribution in [0, 0.1) is 10.8 Å². The number of methoxy groups -OCH3 is 1. The number of carbonyl (C=O) groups excluding carboxylic acids is 1. The summed E-state index contributed by atoms with van der Waals surface area (Å²) in [7, 11) is 1.38. The highest BCUT2D eigenvalue weighted by molar-refractivity contribution is 6.34. The molecule has 0 bridgehead atoms. The Bertz CT molecular complexity index is 235. The largest absolute Gasteiger partial charge is 0.468 e. The molecule has 0 heterocycles. The minimum atomic E-state index is -0.958. The first kappa shape index (κ1) is 14.8. The summed E-state index contributed by atoms with van der Waals surface area (Å²) >= 11 is 6.48. The van der Waals surface area contributed by atoms with Crippen molar-refractivity contribution in [2.24, 2.45) is 10.8 Å². The number of esters is 1. The first-order valence-corrected chi connectivity index (χ1v) is 5.59. The molecule has 0 aliphatic heterocycles. The molecule has 0 spiro atoms. The molecule has 0 N–H and O–H groups in total. The molecule has 0 radical (unpaired) electrons. The molecular weight excluding hydrogens is 212 g/mol. The second-order valence-corrected chi connectivity index (χ2v) is 6.93. The van der Waals surface area contributed by atoms with E-state index in [1.807, 2.05) is 20.8 Å². The van der Waals surface area contributed by atoms with E-state index in [2.05, 4.69) is 20.8 Å². The van der Waals surface area contributed by atoms with Crippen LogP contribution in [-0.4, -0.2) is 18.0 Å². The standard InChI is InChI=1S/C12H23ClO2/c1-10(2,3)8-12(13,9(14)15-7)11(4,5)6/h8H2,1-7H3. The van der Waals surface area contributed by atoms with E-state index in [1.165, 1.54) is 7.11 Å². The Labute approximate surface area is 98.3 Å². The van der Waals surface area contributed by atoms with E-state index in [0.717, 1.165) is 0 Å². The van der Waals surface area contributed by atoms with Crippen LogP contribution in [0.1, 0.15) is 48.0 Å². The molecule has 0 fully saturated rings. The highest BCUT2D eigenvalue weighted by atomic mass is 35.5. The molecule has 1 unspecified atom stereocenters. The molecule has 0 rings (SSSR count). The van der Waals surface area contributed by atoms with Gasteiger partial charge in [0.05, 0.1) is 7.11 Å². The van der Waals surface area contributed by atoms with Crippen LogP contribution >= 0.6 is 11.6 Å². The van der Waals surface area contributed by atoms with E-state index in [0.29, 0.717) is 6.42 Å². The zero-order chi connectivity index (χ0) is 12.5. The Morgan fingerprint density at radius 3 is 1.73 bits per heavy atom. The lowest BCUT2D eigenvalue weighted by Gasteiger charge is -2.40. The molecule has 0 saturated heterocycles. The van der Waals surface area contributed by atoms with Crippen LogP contribution in [-0.2, 0) is 9.53 Å². The predicted octanol–water partition coefficient (Wildman–Crippen LogP) is 3.62. The van der Waals surface area contributed by atoms with Gasteiger partial charge < -0.3 is 4.74 Å². The van der Waals surface area contributed by atoms with Gasteiger partial charge in [0.2, 0.25) is 0 Å². The fourth-order valence-electron chi connectivity index (χ4n) is 1.54. The molecule has 90 valence electrons. The summed E-state index contributed by atoms with van der Waals surface area (Å²) in [6, 6.07) is 0. The molecule has 0 aromatic carbocycles. The van der Waals surface area contributed by atoms with Crippen molar-refractivity contribution < 1.29 is 9.53 Å². The molecule has 0 amide bonds. The Balaban J connectivity index is 5.14. The van der Waals surface area contributed by atoms with E-state index in [-0.39, 0.29) is 16.8 Å². The van der Waals surface area contributed by atoms with E-state index in [9.17, 15) is 4.79 Å². The third-order valence-corrected chi connectivity index (χ3v) is 3.33. The molecule has 1 atom stereocenters. The van der Waals surface area contributed by atoms with Crippen molar-refractivity contribution in [3.8, 4) is 0 Å². The minimum Gasteiger partial charge on any atom is -0.468 e. The first-order valence-electron chi connectivity index (χ1n) is 5.21. The monoisotopic (exact) mass is 234 g/mol. The summed E-state index contributed by atoms with van der Waals surface area (Å²) < 4.78 is 4.82. The van der Waals surface area contributed by atoms with E-state index in [4.69, 9.17) is 16.3 Å².